The van der Waals surface area contributed by atoms with Gasteiger partial charge in [0, 0.05) is 17.7 Å². The van der Waals surface area contributed by atoms with Crippen molar-refractivity contribution in [2.24, 2.45) is 0 Å². The van der Waals surface area contributed by atoms with Crippen molar-refractivity contribution < 1.29 is 17.9 Å². The Morgan fingerprint density at radius 1 is 1.30 bits per heavy atom. The molecular weight excluding hydrogens is 308 g/mol. The highest BCUT2D eigenvalue weighted by Gasteiger charge is 2.45. The zero-order valence-electron chi connectivity index (χ0n) is 9.86. The van der Waals surface area contributed by atoms with E-state index in [1.807, 2.05) is 0 Å². The van der Waals surface area contributed by atoms with Gasteiger partial charge < -0.3 is 5.32 Å². The van der Waals surface area contributed by atoms with Crippen LogP contribution in [0.2, 0.25) is 0 Å². The molecule has 1 aliphatic rings. The quantitative estimate of drug-likeness (QED) is 0.290. The van der Waals surface area contributed by atoms with Crippen molar-refractivity contribution in [3.8, 4) is 0 Å². The topological polar surface area (TPSA) is 110 Å². The number of hydrogen-bond acceptors (Lipinski definition) is 5. The van der Waals surface area contributed by atoms with Crippen LogP contribution in [0.4, 0.5) is 5.69 Å². The number of allylic oxidation sites excluding steroid dienone is 2. The predicted octanol–water partition coefficient (Wildman–Crippen LogP) is 1.88. The molecule has 0 aromatic heterocycles. The summed E-state index contributed by atoms with van der Waals surface area (Å²) in [7, 11) is -4.65. The Morgan fingerprint density at radius 2 is 1.90 bits per heavy atom. The molecule has 0 fully saturated rings. The van der Waals surface area contributed by atoms with Gasteiger partial charge in [-0.05, 0) is 30.0 Å². The van der Waals surface area contributed by atoms with Crippen LogP contribution in [0.3, 0.4) is 0 Å². The third-order valence-electron chi connectivity index (χ3n) is 2.72. The van der Waals surface area contributed by atoms with E-state index in [0.717, 1.165) is 0 Å². The molecule has 106 valence electrons. The summed E-state index contributed by atoms with van der Waals surface area (Å²) < 4.78 is 29.9. The Morgan fingerprint density at radius 3 is 2.40 bits per heavy atom. The summed E-state index contributed by atoms with van der Waals surface area (Å²) in [5.74, 6) is 0. The third-order valence-corrected chi connectivity index (χ3v) is 4.67. The fraction of sp³-hybridized carbons (Fsp3) is 0.0909. The number of nitro benzene ring substituents is 1. The predicted molar refractivity (Wildman–Crippen MR) is 73.5 cm³/mol. The van der Waals surface area contributed by atoms with Gasteiger partial charge in [0.2, 0.25) is 0 Å². The van der Waals surface area contributed by atoms with Crippen molar-refractivity contribution in [3.05, 3.63) is 58.3 Å². The first kappa shape index (κ1) is 14.5. The number of dihydropyridines is 1. The molecule has 2 rings (SSSR count). The number of non-ortho nitro benzene ring substituents is 1. The van der Waals surface area contributed by atoms with E-state index in [9.17, 15) is 23.1 Å². The van der Waals surface area contributed by atoms with Crippen LogP contribution < -0.4 is 5.32 Å². The molecule has 20 heavy (non-hydrogen) atoms. The van der Waals surface area contributed by atoms with E-state index < -0.39 is 19.4 Å². The fourth-order valence-electron chi connectivity index (χ4n) is 1.74. The molecule has 0 amide bonds. The average Bonchev–Trinajstić information content (AvgIpc) is 2.38. The first-order valence-electron chi connectivity index (χ1n) is 5.31. The van der Waals surface area contributed by atoms with Gasteiger partial charge in [0.15, 0.2) is 0 Å². The van der Waals surface area contributed by atoms with E-state index in [0.29, 0.717) is 5.56 Å². The highest BCUT2D eigenvalue weighted by atomic mass is 35.5. The molecule has 0 saturated heterocycles. The molecule has 0 saturated carbocycles. The monoisotopic (exact) mass is 316 g/mol. The van der Waals surface area contributed by atoms with Gasteiger partial charge >= 0.3 is 10.1 Å². The lowest BCUT2D eigenvalue weighted by atomic mass is 10.0. The number of nitrogens with zero attached hydrogens (tertiary/aromatic N) is 1. The molecule has 2 N–H and O–H groups in total. The number of alkyl halides is 1. The second-order valence-corrected chi connectivity index (χ2v) is 6.31. The van der Waals surface area contributed by atoms with E-state index in [-0.39, 0.29) is 11.3 Å². The summed E-state index contributed by atoms with van der Waals surface area (Å²) in [6, 6.07) is 5.14. The molecule has 0 bridgehead atoms. The molecule has 0 spiro atoms. The van der Waals surface area contributed by atoms with Crippen LogP contribution in [0, 0.1) is 10.1 Å². The first-order valence-corrected chi connectivity index (χ1v) is 7.13. The lowest BCUT2D eigenvalue weighted by molar-refractivity contribution is -0.384. The van der Waals surface area contributed by atoms with Crippen molar-refractivity contribution in [2.75, 3.05) is 0 Å². The summed E-state index contributed by atoms with van der Waals surface area (Å²) >= 11 is 5.95. The molecule has 1 aliphatic heterocycles. The van der Waals surface area contributed by atoms with Gasteiger partial charge in [0.05, 0.1) is 4.92 Å². The molecule has 1 aromatic carbocycles. The maximum absolute atomic E-state index is 11.4. The van der Waals surface area contributed by atoms with Crippen molar-refractivity contribution in [2.45, 2.75) is 4.33 Å². The number of halogens is 1. The lowest BCUT2D eigenvalue weighted by Gasteiger charge is -2.29. The Labute approximate surface area is 119 Å². The van der Waals surface area contributed by atoms with Crippen LogP contribution in [-0.4, -0.2) is 22.2 Å². The molecule has 1 atom stereocenters. The van der Waals surface area contributed by atoms with E-state index in [4.69, 9.17) is 11.6 Å². The standard InChI is InChI=1S/C11H9ClN2O5S/c12-11(20(17,18)19)10(2-1-7-13-11)8-3-5-9(6-4-8)14(15)16/h1-7,13H,(H,17,18,19). The molecule has 1 heterocycles. The smallest absolute Gasteiger partial charge is 0.308 e. The maximum Gasteiger partial charge on any atom is 0.308 e. The minimum Gasteiger partial charge on any atom is -0.355 e. The van der Waals surface area contributed by atoms with Gasteiger partial charge in [-0.15, -0.1) is 0 Å². The minimum atomic E-state index is -4.65. The number of hydrogen-bond donors (Lipinski definition) is 2. The van der Waals surface area contributed by atoms with E-state index >= 15 is 0 Å². The van der Waals surface area contributed by atoms with Gasteiger partial charge in [-0.25, -0.2) is 0 Å². The average molecular weight is 317 g/mol. The lowest BCUT2D eigenvalue weighted by Crippen LogP contribution is -2.46. The van der Waals surface area contributed by atoms with Gasteiger partial charge in [0.25, 0.3) is 10.0 Å². The maximum atomic E-state index is 11.4. The molecule has 7 nitrogen and oxygen atoms in total. The van der Waals surface area contributed by atoms with Crippen molar-refractivity contribution in [1.82, 2.24) is 5.32 Å². The third kappa shape index (κ3) is 2.40. The molecule has 0 aliphatic carbocycles. The Bertz CT molecular complexity index is 711. The van der Waals surface area contributed by atoms with E-state index in [1.54, 1.807) is 0 Å². The normalized spacial score (nSPS) is 22.0. The van der Waals surface area contributed by atoms with Crippen LogP contribution in [0.1, 0.15) is 5.56 Å². The highest BCUT2D eigenvalue weighted by Crippen LogP contribution is 2.37. The summed E-state index contributed by atoms with van der Waals surface area (Å²) in [6.45, 7) is 0. The summed E-state index contributed by atoms with van der Waals surface area (Å²) in [6.07, 6.45) is 4.18. The highest BCUT2D eigenvalue weighted by molar-refractivity contribution is 7.89. The van der Waals surface area contributed by atoms with Crippen LogP contribution >= 0.6 is 11.6 Å². The summed E-state index contributed by atoms with van der Waals surface area (Å²) in [5.41, 5.74) is 0.264. The Balaban J connectivity index is 2.51. The second-order valence-electron chi connectivity index (χ2n) is 3.96. The molecular formula is C11H9ClN2O5S. The van der Waals surface area contributed by atoms with Crippen LogP contribution in [-0.2, 0) is 10.1 Å². The molecule has 9 heteroatoms. The zero-order valence-corrected chi connectivity index (χ0v) is 11.4. The molecule has 0 radical (unpaired) electrons. The first-order chi connectivity index (χ1) is 9.25. The molecule has 1 unspecified atom stereocenters. The Hall–Kier alpha value is -1.90. The van der Waals surface area contributed by atoms with E-state index in [2.05, 4.69) is 5.32 Å². The van der Waals surface area contributed by atoms with Crippen LogP contribution in [0.15, 0.2) is 42.6 Å². The minimum absolute atomic E-state index is 0.0686. The van der Waals surface area contributed by atoms with E-state index in [1.165, 1.54) is 42.6 Å². The van der Waals surface area contributed by atoms with Gasteiger partial charge in [0.1, 0.15) is 0 Å². The van der Waals surface area contributed by atoms with Crippen LogP contribution in [0.5, 0.6) is 0 Å². The largest absolute Gasteiger partial charge is 0.355 e. The van der Waals surface area contributed by atoms with Gasteiger partial charge in [-0.3, -0.25) is 14.7 Å². The molecule has 1 aromatic rings. The van der Waals surface area contributed by atoms with Crippen LogP contribution in [0.25, 0.3) is 5.57 Å². The van der Waals surface area contributed by atoms with Gasteiger partial charge in [-0.2, -0.15) is 8.42 Å². The van der Waals surface area contributed by atoms with Crippen molar-refractivity contribution in [1.29, 1.82) is 0 Å². The summed E-state index contributed by atoms with van der Waals surface area (Å²) in [5, 5.41) is 12.9. The Kier molecular flexibility index (Phi) is 3.55. The number of benzene rings is 1. The van der Waals surface area contributed by atoms with Gasteiger partial charge in [-0.1, -0.05) is 17.7 Å². The van der Waals surface area contributed by atoms with Crippen molar-refractivity contribution >= 4 is 33.0 Å². The number of nitrogens with one attached hydrogen (secondary N) is 1. The number of nitro groups is 1. The fourth-order valence-corrected chi connectivity index (χ4v) is 2.66. The number of rotatable bonds is 3. The van der Waals surface area contributed by atoms with Crippen molar-refractivity contribution in [3.63, 3.8) is 0 Å². The zero-order chi connectivity index (χ0) is 15.0. The summed E-state index contributed by atoms with van der Waals surface area (Å²) in [4.78, 5) is 10.0. The SMILES string of the molecule is O=[N+]([O-])c1ccc(C2=CC=CNC2(Cl)S(=O)(=O)O)cc1. The second kappa shape index (κ2) is 4.89.